The number of aryl methyl sites for hydroxylation is 1. The first-order chi connectivity index (χ1) is 25.2. The summed E-state index contributed by atoms with van der Waals surface area (Å²) in [7, 11) is 0. The zero-order valence-electron chi connectivity index (χ0n) is 28.2. The zero-order valence-corrected chi connectivity index (χ0v) is 28.2. The molecule has 3 heteroatoms. The van der Waals surface area contributed by atoms with Crippen LogP contribution >= 0.6 is 0 Å². The Morgan fingerprint density at radius 2 is 0.647 bits per heavy atom. The standard InChI is InChI=1S/C48H33N3/c1-32-21-23-33(24-22-32)34-25-27-36(28-26-34)45-43-31-39(29-30-41(43)40-19-11-12-20-42(40)44(45)35-13-5-2-6-14-35)48-50-46(37-15-7-3-8-16-37)49-47(51-48)38-17-9-4-10-18-38/h2-31H,1H3. The van der Waals surface area contributed by atoms with Gasteiger partial charge in [-0.1, -0.05) is 181 Å². The van der Waals surface area contributed by atoms with Crippen molar-refractivity contribution in [2.75, 3.05) is 0 Å². The third kappa shape index (κ3) is 5.75. The van der Waals surface area contributed by atoms with E-state index in [1.54, 1.807) is 0 Å². The molecule has 0 aliphatic heterocycles. The molecule has 240 valence electrons. The minimum atomic E-state index is 0.639. The molecule has 1 heterocycles. The molecular weight excluding hydrogens is 619 g/mol. The molecule has 1 aromatic heterocycles. The summed E-state index contributed by atoms with van der Waals surface area (Å²) < 4.78 is 0. The largest absolute Gasteiger partial charge is 0.208 e. The molecule has 3 nitrogen and oxygen atoms in total. The fourth-order valence-corrected chi connectivity index (χ4v) is 7.05. The van der Waals surface area contributed by atoms with E-state index in [1.807, 2.05) is 60.7 Å². The molecule has 0 N–H and O–H groups in total. The van der Waals surface area contributed by atoms with Gasteiger partial charge in [0.05, 0.1) is 0 Å². The van der Waals surface area contributed by atoms with Crippen molar-refractivity contribution < 1.29 is 0 Å². The average Bonchev–Trinajstić information content (AvgIpc) is 3.21. The van der Waals surface area contributed by atoms with Gasteiger partial charge in [0, 0.05) is 16.7 Å². The van der Waals surface area contributed by atoms with Crippen LogP contribution in [0.2, 0.25) is 0 Å². The summed E-state index contributed by atoms with van der Waals surface area (Å²) in [5.74, 6) is 1.93. The highest BCUT2D eigenvalue weighted by Gasteiger charge is 2.20. The monoisotopic (exact) mass is 651 g/mol. The molecule has 8 aromatic carbocycles. The van der Waals surface area contributed by atoms with Crippen molar-refractivity contribution in [3.8, 4) is 67.5 Å². The summed E-state index contributed by atoms with van der Waals surface area (Å²) in [4.78, 5) is 15.1. The summed E-state index contributed by atoms with van der Waals surface area (Å²) in [6.07, 6.45) is 0. The Balaban J connectivity index is 1.32. The Morgan fingerprint density at radius 1 is 0.275 bits per heavy atom. The van der Waals surface area contributed by atoms with Gasteiger partial charge in [-0.2, -0.15) is 0 Å². The molecule has 0 atom stereocenters. The molecule has 51 heavy (non-hydrogen) atoms. The number of nitrogens with zero attached hydrogens (tertiary/aromatic N) is 3. The highest BCUT2D eigenvalue weighted by atomic mass is 15.0. The van der Waals surface area contributed by atoms with Gasteiger partial charge in [0.2, 0.25) is 0 Å². The third-order valence-corrected chi connectivity index (χ3v) is 9.60. The van der Waals surface area contributed by atoms with Crippen LogP contribution in [0, 0.1) is 6.92 Å². The van der Waals surface area contributed by atoms with Crippen LogP contribution in [-0.2, 0) is 0 Å². The maximum atomic E-state index is 5.08. The van der Waals surface area contributed by atoms with E-state index in [2.05, 4.69) is 128 Å². The van der Waals surface area contributed by atoms with Gasteiger partial charge in [-0.05, 0) is 67.9 Å². The zero-order chi connectivity index (χ0) is 34.1. The first-order valence-electron chi connectivity index (χ1n) is 17.3. The van der Waals surface area contributed by atoms with Gasteiger partial charge in [0.25, 0.3) is 0 Å². The predicted molar refractivity (Wildman–Crippen MR) is 212 cm³/mol. The topological polar surface area (TPSA) is 38.7 Å². The van der Waals surface area contributed by atoms with Crippen LogP contribution in [0.15, 0.2) is 182 Å². The van der Waals surface area contributed by atoms with Gasteiger partial charge < -0.3 is 0 Å². The van der Waals surface area contributed by atoms with Gasteiger partial charge in [0.15, 0.2) is 17.5 Å². The molecule has 0 unspecified atom stereocenters. The quantitative estimate of drug-likeness (QED) is 0.168. The van der Waals surface area contributed by atoms with Crippen LogP contribution < -0.4 is 0 Å². The maximum absolute atomic E-state index is 5.08. The van der Waals surface area contributed by atoms with Crippen molar-refractivity contribution in [3.63, 3.8) is 0 Å². The molecule has 0 saturated heterocycles. The van der Waals surface area contributed by atoms with Gasteiger partial charge >= 0.3 is 0 Å². The molecule has 0 aliphatic carbocycles. The van der Waals surface area contributed by atoms with Gasteiger partial charge in [-0.15, -0.1) is 0 Å². The molecule has 0 fully saturated rings. The van der Waals surface area contributed by atoms with E-state index >= 15 is 0 Å². The molecular formula is C48H33N3. The molecule has 0 amide bonds. The van der Waals surface area contributed by atoms with Crippen molar-refractivity contribution in [1.82, 2.24) is 15.0 Å². The van der Waals surface area contributed by atoms with Gasteiger partial charge in [-0.25, -0.2) is 15.0 Å². The lowest BCUT2D eigenvalue weighted by molar-refractivity contribution is 1.07. The molecule has 0 saturated carbocycles. The molecule has 9 aromatic rings. The second-order valence-electron chi connectivity index (χ2n) is 12.9. The normalized spacial score (nSPS) is 11.2. The fourth-order valence-electron chi connectivity index (χ4n) is 7.05. The number of benzene rings is 8. The number of rotatable bonds is 6. The summed E-state index contributed by atoms with van der Waals surface area (Å²) in [6, 6.07) is 64.2. The van der Waals surface area contributed by atoms with Crippen molar-refractivity contribution in [2.45, 2.75) is 6.92 Å². The number of aromatic nitrogens is 3. The van der Waals surface area contributed by atoms with Crippen LogP contribution in [-0.4, -0.2) is 15.0 Å². The van der Waals surface area contributed by atoms with Crippen molar-refractivity contribution in [3.05, 3.63) is 188 Å². The molecule has 9 rings (SSSR count). The average molecular weight is 652 g/mol. The molecule has 0 radical (unpaired) electrons. The Morgan fingerprint density at radius 3 is 1.22 bits per heavy atom. The second kappa shape index (κ2) is 13.0. The highest BCUT2D eigenvalue weighted by molar-refractivity contribution is 6.22. The lowest BCUT2D eigenvalue weighted by Gasteiger charge is -2.19. The Bertz CT molecular complexity index is 2590. The number of hydrogen-bond donors (Lipinski definition) is 0. The fraction of sp³-hybridized carbons (Fsp3) is 0.0208. The van der Waals surface area contributed by atoms with Gasteiger partial charge in [0.1, 0.15) is 0 Å². The number of hydrogen-bond acceptors (Lipinski definition) is 3. The maximum Gasteiger partial charge on any atom is 0.164 e. The Kier molecular flexibility index (Phi) is 7.71. The van der Waals surface area contributed by atoms with E-state index in [4.69, 9.17) is 15.0 Å². The van der Waals surface area contributed by atoms with Crippen LogP contribution in [0.4, 0.5) is 0 Å². The van der Waals surface area contributed by atoms with E-state index in [9.17, 15) is 0 Å². The Hall–Kier alpha value is -6.71. The van der Waals surface area contributed by atoms with E-state index in [0.717, 1.165) is 27.6 Å². The first-order valence-corrected chi connectivity index (χ1v) is 17.3. The third-order valence-electron chi connectivity index (χ3n) is 9.60. The van der Waals surface area contributed by atoms with Gasteiger partial charge in [-0.3, -0.25) is 0 Å². The predicted octanol–water partition coefficient (Wildman–Crippen LogP) is 12.5. The van der Waals surface area contributed by atoms with E-state index in [0.29, 0.717) is 17.5 Å². The van der Waals surface area contributed by atoms with Crippen molar-refractivity contribution >= 4 is 21.5 Å². The SMILES string of the molecule is Cc1ccc(-c2ccc(-c3c(-c4ccccc4)c4ccccc4c4ccc(-c5nc(-c6ccccc6)nc(-c6ccccc6)n5)cc34)cc2)cc1. The molecule has 0 aliphatic rings. The highest BCUT2D eigenvalue weighted by Crippen LogP contribution is 2.45. The summed E-state index contributed by atoms with van der Waals surface area (Å²) in [5.41, 5.74) is 11.2. The van der Waals surface area contributed by atoms with Crippen molar-refractivity contribution in [1.29, 1.82) is 0 Å². The van der Waals surface area contributed by atoms with Crippen LogP contribution in [0.5, 0.6) is 0 Å². The Labute approximate surface area is 297 Å². The van der Waals surface area contributed by atoms with E-state index < -0.39 is 0 Å². The van der Waals surface area contributed by atoms with Crippen LogP contribution in [0.25, 0.3) is 89.1 Å². The first kappa shape index (κ1) is 30.4. The van der Waals surface area contributed by atoms with Crippen LogP contribution in [0.1, 0.15) is 5.56 Å². The minimum absolute atomic E-state index is 0.639. The summed E-state index contributed by atoms with van der Waals surface area (Å²) in [5, 5.41) is 4.77. The second-order valence-corrected chi connectivity index (χ2v) is 12.9. The smallest absolute Gasteiger partial charge is 0.164 e. The van der Waals surface area contributed by atoms with E-state index in [-0.39, 0.29) is 0 Å². The summed E-state index contributed by atoms with van der Waals surface area (Å²) in [6.45, 7) is 2.12. The molecule has 0 bridgehead atoms. The lowest BCUT2D eigenvalue weighted by Crippen LogP contribution is -2.00. The van der Waals surface area contributed by atoms with Crippen LogP contribution in [0.3, 0.4) is 0 Å². The summed E-state index contributed by atoms with van der Waals surface area (Å²) >= 11 is 0. The lowest BCUT2D eigenvalue weighted by atomic mass is 9.84. The van der Waals surface area contributed by atoms with Crippen molar-refractivity contribution in [2.24, 2.45) is 0 Å². The number of fused-ring (bicyclic) bond motifs is 3. The minimum Gasteiger partial charge on any atom is -0.208 e. The molecule has 0 spiro atoms. The van der Waals surface area contributed by atoms with E-state index in [1.165, 1.54) is 49.5 Å².